The summed E-state index contributed by atoms with van der Waals surface area (Å²) in [5.41, 5.74) is 3.37. The van der Waals surface area contributed by atoms with E-state index in [9.17, 15) is 9.59 Å². The van der Waals surface area contributed by atoms with E-state index in [2.05, 4.69) is 15.6 Å². The van der Waals surface area contributed by atoms with Gasteiger partial charge in [0.2, 0.25) is 5.91 Å². The Balaban J connectivity index is 1.59. The SMILES string of the molecule is COc1ccc(CNC(=O)c2sc(CC(=O)Nc3ccccc3C)nc2C)cc1. The molecule has 0 saturated carbocycles. The number of ether oxygens (including phenoxy) is 1. The number of carbonyl (C=O) groups excluding carboxylic acids is 2. The highest BCUT2D eigenvalue weighted by Gasteiger charge is 2.17. The lowest BCUT2D eigenvalue weighted by molar-refractivity contribution is -0.115. The molecule has 0 atom stereocenters. The fraction of sp³-hybridized carbons (Fsp3) is 0.227. The van der Waals surface area contributed by atoms with E-state index in [1.807, 2.05) is 55.5 Å². The smallest absolute Gasteiger partial charge is 0.263 e. The summed E-state index contributed by atoms with van der Waals surface area (Å²) in [6, 6.07) is 15.1. The summed E-state index contributed by atoms with van der Waals surface area (Å²) in [7, 11) is 1.61. The summed E-state index contributed by atoms with van der Waals surface area (Å²) in [6.07, 6.45) is 0.131. The number of anilines is 1. The predicted octanol–water partition coefficient (Wildman–Crippen LogP) is 3.88. The number of methoxy groups -OCH3 is 1. The van der Waals surface area contributed by atoms with Crippen molar-refractivity contribution in [2.45, 2.75) is 26.8 Å². The molecule has 29 heavy (non-hydrogen) atoms. The monoisotopic (exact) mass is 409 g/mol. The predicted molar refractivity (Wildman–Crippen MR) is 115 cm³/mol. The van der Waals surface area contributed by atoms with Crippen LogP contribution in [0.3, 0.4) is 0 Å². The zero-order chi connectivity index (χ0) is 20.8. The van der Waals surface area contributed by atoms with Crippen LogP contribution in [0.15, 0.2) is 48.5 Å². The van der Waals surface area contributed by atoms with Gasteiger partial charge in [0.05, 0.1) is 19.2 Å². The summed E-state index contributed by atoms with van der Waals surface area (Å²) in [5.74, 6) is 0.423. The Bertz CT molecular complexity index is 1010. The van der Waals surface area contributed by atoms with Crippen molar-refractivity contribution in [2.24, 2.45) is 0 Å². The maximum Gasteiger partial charge on any atom is 0.263 e. The first-order valence-corrected chi connectivity index (χ1v) is 10.0. The molecule has 0 bridgehead atoms. The van der Waals surface area contributed by atoms with Gasteiger partial charge in [-0.1, -0.05) is 30.3 Å². The highest BCUT2D eigenvalue weighted by Crippen LogP contribution is 2.20. The summed E-state index contributed by atoms with van der Waals surface area (Å²) >= 11 is 1.25. The van der Waals surface area contributed by atoms with Gasteiger partial charge in [-0.25, -0.2) is 4.98 Å². The molecule has 1 heterocycles. The second-order valence-corrected chi connectivity index (χ2v) is 7.68. The molecule has 6 nitrogen and oxygen atoms in total. The number of nitrogens with zero attached hydrogens (tertiary/aromatic N) is 1. The Labute approximate surface area is 173 Å². The van der Waals surface area contributed by atoms with Gasteiger partial charge in [0.25, 0.3) is 5.91 Å². The molecule has 0 fully saturated rings. The van der Waals surface area contributed by atoms with Crippen LogP contribution >= 0.6 is 11.3 Å². The maximum absolute atomic E-state index is 12.5. The lowest BCUT2D eigenvalue weighted by atomic mass is 10.2. The minimum Gasteiger partial charge on any atom is -0.497 e. The fourth-order valence-corrected chi connectivity index (χ4v) is 3.77. The van der Waals surface area contributed by atoms with Crippen molar-refractivity contribution in [2.75, 3.05) is 12.4 Å². The van der Waals surface area contributed by atoms with Crippen LogP contribution in [0.4, 0.5) is 5.69 Å². The average molecular weight is 410 g/mol. The molecule has 0 aliphatic carbocycles. The first kappa shape index (κ1) is 20.5. The lowest BCUT2D eigenvalue weighted by Gasteiger charge is -2.06. The van der Waals surface area contributed by atoms with E-state index in [4.69, 9.17) is 4.74 Å². The van der Waals surface area contributed by atoms with Crippen molar-refractivity contribution in [1.82, 2.24) is 10.3 Å². The molecule has 0 saturated heterocycles. The molecular formula is C22H23N3O3S. The van der Waals surface area contributed by atoms with E-state index < -0.39 is 0 Å². The van der Waals surface area contributed by atoms with Crippen LogP contribution in [-0.4, -0.2) is 23.9 Å². The van der Waals surface area contributed by atoms with E-state index in [1.54, 1.807) is 14.0 Å². The quantitative estimate of drug-likeness (QED) is 0.621. The molecular weight excluding hydrogens is 386 g/mol. The van der Waals surface area contributed by atoms with Gasteiger partial charge >= 0.3 is 0 Å². The van der Waals surface area contributed by atoms with Crippen molar-refractivity contribution in [1.29, 1.82) is 0 Å². The second-order valence-electron chi connectivity index (χ2n) is 6.59. The average Bonchev–Trinajstić information content (AvgIpc) is 3.08. The number of aryl methyl sites for hydroxylation is 2. The van der Waals surface area contributed by atoms with Crippen molar-refractivity contribution in [3.8, 4) is 5.75 Å². The van der Waals surface area contributed by atoms with Crippen LogP contribution < -0.4 is 15.4 Å². The highest BCUT2D eigenvalue weighted by molar-refractivity contribution is 7.13. The van der Waals surface area contributed by atoms with Crippen LogP contribution in [-0.2, 0) is 17.8 Å². The van der Waals surface area contributed by atoms with Crippen LogP contribution in [0.1, 0.15) is 31.5 Å². The molecule has 2 amide bonds. The van der Waals surface area contributed by atoms with Gasteiger partial charge in [0.1, 0.15) is 15.6 Å². The summed E-state index contributed by atoms with van der Waals surface area (Å²) in [5, 5.41) is 6.40. The number of benzene rings is 2. The maximum atomic E-state index is 12.5. The third-order valence-electron chi connectivity index (χ3n) is 4.39. The number of aromatic nitrogens is 1. The molecule has 0 spiro atoms. The van der Waals surface area contributed by atoms with Crippen LogP contribution in [0.2, 0.25) is 0 Å². The number of carbonyl (C=O) groups is 2. The van der Waals surface area contributed by atoms with Crippen LogP contribution in [0.5, 0.6) is 5.75 Å². The Morgan fingerprint density at radius 2 is 1.79 bits per heavy atom. The van der Waals surface area contributed by atoms with Crippen molar-refractivity contribution in [3.63, 3.8) is 0 Å². The first-order valence-electron chi connectivity index (χ1n) is 9.19. The lowest BCUT2D eigenvalue weighted by Crippen LogP contribution is -2.22. The van der Waals surface area contributed by atoms with Gasteiger partial charge in [0.15, 0.2) is 0 Å². The topological polar surface area (TPSA) is 80.3 Å². The summed E-state index contributed by atoms with van der Waals surface area (Å²) in [4.78, 5) is 29.8. The first-order chi connectivity index (χ1) is 14.0. The van der Waals surface area contributed by atoms with E-state index in [1.165, 1.54) is 11.3 Å². The van der Waals surface area contributed by atoms with Gasteiger partial charge < -0.3 is 15.4 Å². The van der Waals surface area contributed by atoms with E-state index in [0.717, 1.165) is 22.6 Å². The summed E-state index contributed by atoms with van der Waals surface area (Å²) < 4.78 is 5.13. The van der Waals surface area contributed by atoms with Gasteiger partial charge in [0, 0.05) is 12.2 Å². The Hall–Kier alpha value is -3.19. The molecule has 3 aromatic rings. The number of hydrogen-bond donors (Lipinski definition) is 2. The van der Waals surface area contributed by atoms with Crippen LogP contribution in [0.25, 0.3) is 0 Å². The molecule has 7 heteroatoms. The molecule has 2 aromatic carbocycles. The van der Waals surface area contributed by atoms with Gasteiger partial charge in [-0.15, -0.1) is 11.3 Å². The molecule has 1 aromatic heterocycles. The normalized spacial score (nSPS) is 10.4. The van der Waals surface area contributed by atoms with E-state index in [0.29, 0.717) is 22.1 Å². The Kier molecular flexibility index (Phi) is 6.61. The zero-order valence-electron chi connectivity index (χ0n) is 16.6. The molecule has 0 radical (unpaired) electrons. The standard InChI is InChI=1S/C22H23N3O3S/c1-14-6-4-5-7-18(14)25-19(26)12-20-24-15(2)21(29-20)22(27)23-13-16-8-10-17(28-3)11-9-16/h4-11H,12-13H2,1-3H3,(H,23,27)(H,25,26). The fourth-order valence-electron chi connectivity index (χ4n) is 2.79. The third-order valence-corrected chi connectivity index (χ3v) is 5.55. The second kappa shape index (κ2) is 9.34. The minimum atomic E-state index is -0.193. The molecule has 0 aliphatic rings. The number of nitrogens with one attached hydrogen (secondary N) is 2. The largest absolute Gasteiger partial charge is 0.497 e. The van der Waals surface area contributed by atoms with E-state index >= 15 is 0 Å². The number of thiazole rings is 1. The third kappa shape index (κ3) is 5.42. The number of hydrogen-bond acceptors (Lipinski definition) is 5. The van der Waals surface area contributed by atoms with Gasteiger partial charge in [-0.05, 0) is 43.2 Å². The molecule has 0 aliphatic heterocycles. The molecule has 0 unspecified atom stereocenters. The van der Waals surface area contributed by atoms with Crippen molar-refractivity contribution >= 4 is 28.8 Å². The van der Waals surface area contributed by atoms with Gasteiger partial charge in [-0.2, -0.15) is 0 Å². The molecule has 2 N–H and O–H groups in total. The zero-order valence-corrected chi connectivity index (χ0v) is 17.4. The Morgan fingerprint density at radius 3 is 2.48 bits per heavy atom. The van der Waals surface area contributed by atoms with Crippen LogP contribution in [0, 0.1) is 13.8 Å². The highest BCUT2D eigenvalue weighted by atomic mass is 32.1. The van der Waals surface area contributed by atoms with Gasteiger partial charge in [-0.3, -0.25) is 9.59 Å². The number of para-hydroxylation sites is 1. The Morgan fingerprint density at radius 1 is 1.07 bits per heavy atom. The molecule has 150 valence electrons. The molecule has 3 rings (SSSR count). The van der Waals surface area contributed by atoms with Crippen molar-refractivity contribution < 1.29 is 14.3 Å². The summed E-state index contributed by atoms with van der Waals surface area (Å²) in [6.45, 7) is 4.12. The number of rotatable bonds is 7. The van der Waals surface area contributed by atoms with E-state index in [-0.39, 0.29) is 18.2 Å². The minimum absolute atomic E-state index is 0.131. The number of amides is 2. The van der Waals surface area contributed by atoms with Crippen molar-refractivity contribution in [3.05, 3.63) is 75.2 Å².